The predicted molar refractivity (Wildman–Crippen MR) is 146 cm³/mol. The number of rotatable bonds is 5. The maximum Gasteiger partial charge on any atom is 0.287 e. The Kier molecular flexibility index (Phi) is 6.73. The predicted octanol–water partition coefficient (Wildman–Crippen LogP) is 3.61. The highest BCUT2D eigenvalue weighted by Crippen LogP contribution is 2.31. The number of fused-ring (bicyclic) bond motifs is 1. The van der Waals surface area contributed by atoms with Crippen molar-refractivity contribution in [3.8, 4) is 11.3 Å². The second kappa shape index (κ2) is 10.0. The summed E-state index contributed by atoms with van der Waals surface area (Å²) in [4.78, 5) is 36.1. The van der Waals surface area contributed by atoms with Crippen molar-refractivity contribution in [1.29, 1.82) is 0 Å². The van der Waals surface area contributed by atoms with Crippen LogP contribution in [-0.2, 0) is 18.5 Å². The van der Waals surface area contributed by atoms with Gasteiger partial charge in [0.25, 0.3) is 11.5 Å². The van der Waals surface area contributed by atoms with Crippen LogP contribution < -0.4 is 16.2 Å². The molecule has 0 bridgehead atoms. The lowest BCUT2D eigenvalue weighted by atomic mass is 9.93. The van der Waals surface area contributed by atoms with Gasteiger partial charge in [-0.05, 0) is 37.7 Å². The molecule has 12 heteroatoms. The molecule has 0 spiro atoms. The zero-order valence-corrected chi connectivity index (χ0v) is 22.5. The van der Waals surface area contributed by atoms with E-state index in [1.807, 2.05) is 38.6 Å². The smallest absolute Gasteiger partial charge is 0.287 e. The Balaban J connectivity index is 1.41. The number of H-pyrrole nitrogens is 1. The molecule has 1 aliphatic heterocycles. The molecule has 4 aromatic rings. The summed E-state index contributed by atoms with van der Waals surface area (Å²) >= 11 is 0. The van der Waals surface area contributed by atoms with Gasteiger partial charge in [-0.3, -0.25) is 24.2 Å². The van der Waals surface area contributed by atoms with Gasteiger partial charge in [-0.2, -0.15) is 10.2 Å². The molecule has 0 saturated heterocycles. The normalized spacial score (nSPS) is 13.7. The van der Waals surface area contributed by atoms with Gasteiger partial charge in [0.15, 0.2) is 5.82 Å². The van der Waals surface area contributed by atoms with E-state index >= 15 is 0 Å². The van der Waals surface area contributed by atoms with Crippen molar-refractivity contribution in [2.24, 2.45) is 0 Å². The third-order valence-corrected chi connectivity index (χ3v) is 6.64. The number of nitrogens with zero attached hydrogens (tertiary/aromatic N) is 6. The van der Waals surface area contributed by atoms with Crippen LogP contribution in [0.4, 0.5) is 21.6 Å². The number of hydrogen-bond acceptors (Lipinski definition) is 8. The van der Waals surface area contributed by atoms with Gasteiger partial charge in [0, 0.05) is 36.3 Å². The molecule has 5 rings (SSSR count). The highest BCUT2D eigenvalue weighted by Gasteiger charge is 2.21. The summed E-state index contributed by atoms with van der Waals surface area (Å²) < 4.78 is 16.8. The van der Waals surface area contributed by atoms with Crippen LogP contribution in [0.15, 0.2) is 41.5 Å². The molecular formula is C27H30FN9O2. The largest absolute Gasteiger partial charge is 0.334 e. The van der Waals surface area contributed by atoms with Gasteiger partial charge in [0.1, 0.15) is 17.2 Å². The molecule has 39 heavy (non-hydrogen) atoms. The third-order valence-electron chi connectivity index (χ3n) is 6.64. The van der Waals surface area contributed by atoms with Crippen molar-refractivity contribution in [3.05, 3.63) is 75.5 Å². The van der Waals surface area contributed by atoms with E-state index in [0.29, 0.717) is 22.6 Å². The van der Waals surface area contributed by atoms with E-state index in [2.05, 4.69) is 40.8 Å². The molecule has 3 aromatic heterocycles. The first kappa shape index (κ1) is 26.2. The maximum atomic E-state index is 14.9. The minimum absolute atomic E-state index is 0.00685. The van der Waals surface area contributed by atoms with E-state index in [1.165, 1.54) is 12.3 Å². The van der Waals surface area contributed by atoms with Crippen molar-refractivity contribution in [1.82, 2.24) is 34.8 Å². The van der Waals surface area contributed by atoms with Crippen molar-refractivity contribution < 1.29 is 9.18 Å². The summed E-state index contributed by atoms with van der Waals surface area (Å²) in [6.45, 7) is 10.1. The average molecular weight is 532 g/mol. The molecule has 3 N–H and O–H groups in total. The number of carbonyl (C=O) groups is 1. The number of nitrogens with one attached hydrogen (secondary N) is 3. The Labute approximate surface area is 224 Å². The lowest BCUT2D eigenvalue weighted by molar-refractivity contribution is 0.102. The monoisotopic (exact) mass is 531 g/mol. The first-order valence-electron chi connectivity index (χ1n) is 12.5. The number of hydrogen-bond donors (Lipinski definition) is 3. The fraction of sp³-hybridized carbons (Fsp3) is 0.333. The van der Waals surface area contributed by atoms with Crippen molar-refractivity contribution in [3.63, 3.8) is 0 Å². The van der Waals surface area contributed by atoms with E-state index in [4.69, 9.17) is 0 Å². The topological polar surface area (TPSA) is 134 Å². The van der Waals surface area contributed by atoms with Crippen LogP contribution in [0, 0.1) is 12.7 Å². The second-order valence-electron chi connectivity index (χ2n) is 10.7. The molecule has 0 saturated carbocycles. The fourth-order valence-electron chi connectivity index (χ4n) is 4.35. The van der Waals surface area contributed by atoms with Crippen molar-refractivity contribution >= 4 is 23.1 Å². The lowest BCUT2D eigenvalue weighted by Gasteiger charge is -2.22. The molecule has 0 atom stereocenters. The van der Waals surface area contributed by atoms with Gasteiger partial charge in [0.05, 0.1) is 35.5 Å². The molecule has 4 heterocycles. The van der Waals surface area contributed by atoms with Crippen LogP contribution in [0.5, 0.6) is 0 Å². The maximum absolute atomic E-state index is 14.9. The first-order chi connectivity index (χ1) is 18.5. The molecule has 0 radical (unpaired) electrons. The first-order valence-corrected chi connectivity index (χ1v) is 12.5. The zero-order valence-electron chi connectivity index (χ0n) is 22.5. The average Bonchev–Trinajstić information content (AvgIpc) is 3.29. The third kappa shape index (κ3) is 5.41. The van der Waals surface area contributed by atoms with Crippen molar-refractivity contribution in [2.45, 2.75) is 46.2 Å². The molecule has 11 nitrogen and oxygen atoms in total. The van der Waals surface area contributed by atoms with Gasteiger partial charge in [-0.1, -0.05) is 20.8 Å². The van der Waals surface area contributed by atoms with Crippen LogP contribution in [0.25, 0.3) is 11.3 Å². The van der Waals surface area contributed by atoms with Gasteiger partial charge >= 0.3 is 0 Å². The van der Waals surface area contributed by atoms with Crippen molar-refractivity contribution in [2.75, 3.05) is 24.2 Å². The van der Waals surface area contributed by atoms with E-state index in [9.17, 15) is 14.0 Å². The molecule has 1 aliphatic rings. The number of aromatic amines is 1. The number of likely N-dealkylation sites (N-methyl/N-ethyl adjacent to an activating group) is 1. The number of halogens is 1. The Morgan fingerprint density at radius 1 is 1.13 bits per heavy atom. The number of anilines is 3. The van der Waals surface area contributed by atoms with Crippen LogP contribution in [-0.4, -0.2) is 54.3 Å². The molecule has 1 aromatic carbocycles. The SMILES string of the molecule is Cc1c(-c2cc(Nc3cc4n(n3)CCN(C)C4)c(=O)[nH]n2)ccc(F)c1NC(=O)c1cnc(C(C)(C)C)cn1. The summed E-state index contributed by atoms with van der Waals surface area (Å²) in [6, 6.07) is 6.27. The summed E-state index contributed by atoms with van der Waals surface area (Å²) in [6.07, 6.45) is 2.92. The Hall–Kier alpha value is -4.45. The molecule has 202 valence electrons. The van der Waals surface area contributed by atoms with Gasteiger partial charge in [-0.25, -0.2) is 14.5 Å². The molecule has 1 amide bonds. The summed E-state index contributed by atoms with van der Waals surface area (Å²) in [7, 11) is 2.04. The number of aromatic nitrogens is 6. The van der Waals surface area contributed by atoms with Crippen LogP contribution in [0.2, 0.25) is 0 Å². The lowest BCUT2D eigenvalue weighted by Crippen LogP contribution is -2.30. The molecular weight excluding hydrogens is 501 g/mol. The quantitative estimate of drug-likeness (QED) is 0.356. The number of amides is 1. The number of benzene rings is 1. The minimum atomic E-state index is -0.611. The van der Waals surface area contributed by atoms with Crippen LogP contribution >= 0.6 is 0 Å². The van der Waals surface area contributed by atoms with Gasteiger partial charge < -0.3 is 10.6 Å². The second-order valence-corrected chi connectivity index (χ2v) is 10.7. The summed E-state index contributed by atoms with van der Waals surface area (Å²) in [5.74, 6) is -0.654. The Morgan fingerprint density at radius 3 is 2.64 bits per heavy atom. The summed E-state index contributed by atoms with van der Waals surface area (Å²) in [5, 5.41) is 16.9. The standard InChI is InChI=1S/C27H30FN9O2/c1-15-17(6-7-18(28)24(15)32-25(38)21-12-30-22(13-29-21)27(2,3)4)19-11-20(26(39)34-33-19)31-23-10-16-14-36(5)8-9-37(16)35-23/h6-7,10-13H,8-9,14H2,1-5H3,(H,32,38)(H,34,39)(H,31,33,35). The van der Waals surface area contributed by atoms with Gasteiger partial charge in [0.2, 0.25) is 0 Å². The highest BCUT2D eigenvalue weighted by atomic mass is 19.1. The molecule has 0 fully saturated rings. The van der Waals surface area contributed by atoms with Crippen LogP contribution in [0.3, 0.4) is 0 Å². The summed E-state index contributed by atoms with van der Waals surface area (Å²) in [5.41, 5.74) is 2.80. The van der Waals surface area contributed by atoms with Gasteiger partial charge in [-0.15, -0.1) is 0 Å². The van der Waals surface area contributed by atoms with Crippen LogP contribution in [0.1, 0.15) is 48.2 Å². The van der Waals surface area contributed by atoms with E-state index in [1.54, 1.807) is 25.3 Å². The number of carbonyl (C=O) groups excluding carboxylic acids is 1. The minimum Gasteiger partial charge on any atom is -0.334 e. The fourth-order valence-corrected chi connectivity index (χ4v) is 4.35. The van der Waals surface area contributed by atoms with E-state index in [-0.39, 0.29) is 22.5 Å². The Morgan fingerprint density at radius 2 is 1.92 bits per heavy atom. The highest BCUT2D eigenvalue weighted by molar-refractivity contribution is 6.03. The Bertz CT molecular complexity index is 1600. The zero-order chi connectivity index (χ0) is 27.9. The van der Waals surface area contributed by atoms with E-state index in [0.717, 1.165) is 31.0 Å². The van der Waals surface area contributed by atoms with E-state index < -0.39 is 17.3 Å². The molecule has 0 unspecified atom stereocenters. The molecule has 0 aliphatic carbocycles.